The van der Waals surface area contributed by atoms with Gasteiger partial charge >= 0.3 is 0 Å². The lowest BCUT2D eigenvalue weighted by Crippen LogP contribution is -2.58. The normalized spacial score (nSPS) is 21.3. The molecule has 1 aliphatic heterocycles. The van der Waals surface area contributed by atoms with Crippen LogP contribution in [-0.2, 0) is 11.3 Å². The second-order valence-electron chi connectivity index (χ2n) is 6.62. The van der Waals surface area contributed by atoms with Crippen LogP contribution in [0.4, 0.5) is 0 Å². The molecule has 1 saturated heterocycles. The fourth-order valence-electron chi connectivity index (χ4n) is 2.73. The maximum absolute atomic E-state index is 10.1. The quantitative estimate of drug-likeness (QED) is 0.864. The van der Waals surface area contributed by atoms with Gasteiger partial charge in [-0.1, -0.05) is 30.3 Å². The monoisotopic (exact) mass is 292 g/mol. The Morgan fingerprint density at radius 1 is 1.24 bits per heavy atom. The topological polar surface area (TPSA) is 35.9 Å². The van der Waals surface area contributed by atoms with Crippen molar-refractivity contribution < 1.29 is 9.84 Å². The molecule has 118 valence electrons. The van der Waals surface area contributed by atoms with Gasteiger partial charge in [0.25, 0.3) is 0 Å². The highest BCUT2D eigenvalue weighted by Gasteiger charge is 2.31. The zero-order valence-corrected chi connectivity index (χ0v) is 13.5. The molecule has 0 aliphatic carbocycles. The first-order chi connectivity index (χ1) is 9.97. The summed E-state index contributed by atoms with van der Waals surface area (Å²) in [6, 6.07) is 10.1. The van der Waals surface area contributed by atoms with Crippen molar-refractivity contribution in [3.8, 4) is 0 Å². The maximum atomic E-state index is 10.1. The molecule has 1 aromatic carbocycles. The molecule has 4 heteroatoms. The van der Waals surface area contributed by atoms with Gasteiger partial charge in [-0.3, -0.25) is 9.80 Å². The molecular weight excluding hydrogens is 264 g/mol. The number of ether oxygens (including phenoxy) is 1. The number of likely N-dealkylation sites (N-methyl/N-ethyl adjacent to an activating group) is 1. The molecule has 1 atom stereocenters. The first kappa shape index (κ1) is 16.4. The summed E-state index contributed by atoms with van der Waals surface area (Å²) < 4.78 is 5.61. The number of rotatable bonds is 6. The first-order valence-electron chi connectivity index (χ1n) is 7.71. The van der Waals surface area contributed by atoms with Crippen molar-refractivity contribution in [3.63, 3.8) is 0 Å². The van der Waals surface area contributed by atoms with Gasteiger partial charge in [-0.25, -0.2) is 0 Å². The molecule has 21 heavy (non-hydrogen) atoms. The fourth-order valence-corrected chi connectivity index (χ4v) is 2.73. The van der Waals surface area contributed by atoms with Crippen LogP contribution in [0.1, 0.15) is 19.4 Å². The van der Waals surface area contributed by atoms with Gasteiger partial charge in [0.15, 0.2) is 0 Å². The number of β-amino-alcohol motifs (C(OH)–C–C–N with tert-alkyl or cyclic N) is 1. The van der Waals surface area contributed by atoms with Crippen molar-refractivity contribution in [2.24, 2.45) is 0 Å². The Hall–Kier alpha value is -0.940. The van der Waals surface area contributed by atoms with E-state index in [2.05, 4.69) is 30.7 Å². The van der Waals surface area contributed by atoms with E-state index in [9.17, 15) is 5.11 Å². The molecular formula is C17H28N2O2. The summed E-state index contributed by atoms with van der Waals surface area (Å²) in [4.78, 5) is 4.71. The number of aliphatic hydroxyl groups is 1. The first-order valence-corrected chi connectivity index (χ1v) is 7.71. The average molecular weight is 292 g/mol. The van der Waals surface area contributed by atoms with Crippen molar-refractivity contribution >= 4 is 0 Å². The predicted octanol–water partition coefficient (Wildman–Crippen LogP) is 1.59. The lowest BCUT2D eigenvalue weighted by Gasteiger charge is -2.45. The zero-order valence-electron chi connectivity index (χ0n) is 13.5. The highest BCUT2D eigenvalue weighted by atomic mass is 16.5. The molecule has 4 nitrogen and oxygen atoms in total. The summed E-state index contributed by atoms with van der Waals surface area (Å²) in [5.41, 5.74) is 1.31. The number of aliphatic hydroxyl groups excluding tert-OH is 1. The average Bonchev–Trinajstić information content (AvgIpc) is 2.44. The number of piperazine rings is 1. The Morgan fingerprint density at radius 3 is 2.62 bits per heavy atom. The molecule has 0 amide bonds. The molecule has 1 aromatic rings. The Kier molecular flexibility index (Phi) is 5.76. The van der Waals surface area contributed by atoms with E-state index in [-0.39, 0.29) is 5.54 Å². The molecule has 2 rings (SSSR count). The van der Waals surface area contributed by atoms with E-state index in [1.807, 2.05) is 30.3 Å². The van der Waals surface area contributed by atoms with Crippen molar-refractivity contribution in [2.75, 3.05) is 39.8 Å². The highest BCUT2D eigenvalue weighted by molar-refractivity contribution is 5.13. The van der Waals surface area contributed by atoms with Crippen LogP contribution in [0.3, 0.4) is 0 Å². The van der Waals surface area contributed by atoms with E-state index in [1.165, 1.54) is 0 Å². The second-order valence-corrected chi connectivity index (χ2v) is 6.62. The fraction of sp³-hybridized carbons (Fsp3) is 0.647. The van der Waals surface area contributed by atoms with Gasteiger partial charge in [0.2, 0.25) is 0 Å². The van der Waals surface area contributed by atoms with Crippen molar-refractivity contribution in [3.05, 3.63) is 35.9 Å². The van der Waals surface area contributed by atoms with Gasteiger partial charge in [0.1, 0.15) is 0 Å². The maximum Gasteiger partial charge on any atom is 0.0900 e. The predicted molar refractivity (Wildman–Crippen MR) is 85.3 cm³/mol. The van der Waals surface area contributed by atoms with Gasteiger partial charge < -0.3 is 9.84 Å². The molecule has 0 aromatic heterocycles. The van der Waals surface area contributed by atoms with Crippen LogP contribution in [0.15, 0.2) is 30.3 Å². The van der Waals surface area contributed by atoms with Gasteiger partial charge in [0.05, 0.1) is 19.3 Å². The van der Waals surface area contributed by atoms with E-state index in [0.29, 0.717) is 19.8 Å². The van der Waals surface area contributed by atoms with Crippen LogP contribution in [0, 0.1) is 0 Å². The minimum absolute atomic E-state index is 0.170. The van der Waals surface area contributed by atoms with Gasteiger partial charge in [0, 0.05) is 31.7 Å². The highest BCUT2D eigenvalue weighted by Crippen LogP contribution is 2.18. The van der Waals surface area contributed by atoms with E-state index in [1.54, 1.807) is 0 Å². The Morgan fingerprint density at radius 2 is 1.95 bits per heavy atom. The minimum Gasteiger partial charge on any atom is -0.389 e. The smallest absolute Gasteiger partial charge is 0.0900 e. The lowest BCUT2D eigenvalue weighted by molar-refractivity contribution is -0.0186. The summed E-state index contributed by atoms with van der Waals surface area (Å²) in [7, 11) is 2.16. The standard InChI is InChI=1S/C17H28N2O2/c1-17(2)14-19(10-9-18(17)3)11-16(20)13-21-12-15-7-5-4-6-8-15/h4-8,16,20H,9-14H2,1-3H3. The van der Waals surface area contributed by atoms with Crippen LogP contribution in [0.5, 0.6) is 0 Å². The second kappa shape index (κ2) is 7.36. The third-order valence-electron chi connectivity index (χ3n) is 4.29. The number of hydrogen-bond acceptors (Lipinski definition) is 4. The summed E-state index contributed by atoms with van der Waals surface area (Å²) in [5.74, 6) is 0. The molecule has 1 fully saturated rings. The SMILES string of the molecule is CN1CCN(CC(O)COCc2ccccc2)CC1(C)C. The van der Waals surface area contributed by atoms with E-state index < -0.39 is 6.10 Å². The zero-order chi connectivity index (χ0) is 15.3. The number of nitrogens with zero attached hydrogens (tertiary/aromatic N) is 2. The summed E-state index contributed by atoms with van der Waals surface area (Å²) in [5, 5.41) is 10.1. The minimum atomic E-state index is -0.423. The van der Waals surface area contributed by atoms with Gasteiger partial charge in [-0.05, 0) is 26.5 Å². The number of hydrogen-bond donors (Lipinski definition) is 1. The molecule has 0 saturated carbocycles. The summed E-state index contributed by atoms with van der Waals surface area (Å²) in [6.07, 6.45) is -0.423. The largest absolute Gasteiger partial charge is 0.389 e. The summed E-state index contributed by atoms with van der Waals surface area (Å²) in [6.45, 7) is 9.17. The molecule has 1 N–H and O–H groups in total. The summed E-state index contributed by atoms with van der Waals surface area (Å²) >= 11 is 0. The van der Waals surface area contributed by atoms with Gasteiger partial charge in [-0.15, -0.1) is 0 Å². The number of benzene rings is 1. The van der Waals surface area contributed by atoms with Crippen LogP contribution >= 0.6 is 0 Å². The van der Waals surface area contributed by atoms with Crippen LogP contribution < -0.4 is 0 Å². The molecule has 0 spiro atoms. The van der Waals surface area contributed by atoms with Crippen molar-refractivity contribution in [1.82, 2.24) is 9.80 Å². The van der Waals surface area contributed by atoms with E-state index >= 15 is 0 Å². The van der Waals surface area contributed by atoms with Gasteiger partial charge in [-0.2, -0.15) is 0 Å². The third-order valence-corrected chi connectivity index (χ3v) is 4.29. The Balaban J connectivity index is 1.69. The molecule has 1 heterocycles. The van der Waals surface area contributed by atoms with Crippen LogP contribution in [-0.4, -0.2) is 66.4 Å². The van der Waals surface area contributed by atoms with E-state index in [0.717, 1.165) is 25.2 Å². The Labute approximate surface area is 128 Å². The molecule has 1 aliphatic rings. The Bertz CT molecular complexity index is 422. The lowest BCUT2D eigenvalue weighted by atomic mass is 9.99. The molecule has 1 unspecified atom stereocenters. The molecule has 0 bridgehead atoms. The van der Waals surface area contributed by atoms with E-state index in [4.69, 9.17) is 4.74 Å². The van der Waals surface area contributed by atoms with Crippen molar-refractivity contribution in [1.29, 1.82) is 0 Å². The third kappa shape index (κ3) is 5.08. The van der Waals surface area contributed by atoms with Crippen LogP contribution in [0.2, 0.25) is 0 Å². The molecule has 0 radical (unpaired) electrons. The van der Waals surface area contributed by atoms with Crippen LogP contribution in [0.25, 0.3) is 0 Å². The van der Waals surface area contributed by atoms with Crippen molar-refractivity contribution in [2.45, 2.75) is 32.1 Å².